The monoisotopic (exact) mass is 200 g/mol. The topological polar surface area (TPSA) is 66.6 Å². The zero-order valence-electron chi connectivity index (χ0n) is 8.83. The van der Waals surface area contributed by atoms with E-state index in [0.29, 0.717) is 6.54 Å². The summed E-state index contributed by atoms with van der Waals surface area (Å²) in [6, 6.07) is 0. The lowest BCUT2D eigenvalue weighted by Gasteiger charge is -2.41. The van der Waals surface area contributed by atoms with Crippen LogP contribution in [-0.2, 0) is 4.79 Å². The van der Waals surface area contributed by atoms with E-state index in [1.54, 1.807) is 0 Å². The van der Waals surface area contributed by atoms with E-state index >= 15 is 0 Å². The molecule has 1 rings (SSSR count). The molecule has 14 heavy (non-hydrogen) atoms. The van der Waals surface area contributed by atoms with Crippen molar-refractivity contribution in [3.05, 3.63) is 0 Å². The Morgan fingerprint density at radius 3 is 2.86 bits per heavy atom. The van der Waals surface area contributed by atoms with E-state index in [1.807, 2.05) is 0 Å². The van der Waals surface area contributed by atoms with E-state index in [9.17, 15) is 4.79 Å². The third-order valence-electron chi connectivity index (χ3n) is 3.15. The van der Waals surface area contributed by atoms with E-state index in [-0.39, 0.29) is 11.8 Å². The van der Waals surface area contributed by atoms with Gasteiger partial charge >= 0.3 is 5.97 Å². The summed E-state index contributed by atoms with van der Waals surface area (Å²) in [7, 11) is 0. The molecule has 0 saturated carbocycles. The standard InChI is InChI=1S/C10H20N2O2/c1-2-12-5-3-4-10(7-11,8-12)6-9(13)14/h2-8,11H2,1H3,(H,13,14). The van der Waals surface area contributed by atoms with Gasteiger partial charge in [-0.05, 0) is 32.5 Å². The van der Waals surface area contributed by atoms with Crippen LogP contribution in [0.1, 0.15) is 26.2 Å². The van der Waals surface area contributed by atoms with Gasteiger partial charge in [-0.3, -0.25) is 4.79 Å². The Labute approximate surface area is 85.1 Å². The van der Waals surface area contributed by atoms with Crippen molar-refractivity contribution in [1.82, 2.24) is 4.90 Å². The number of nitrogens with two attached hydrogens (primary N) is 1. The minimum atomic E-state index is -0.728. The number of carboxylic acids is 1. The maximum absolute atomic E-state index is 10.8. The van der Waals surface area contributed by atoms with Crippen LogP contribution in [0.15, 0.2) is 0 Å². The van der Waals surface area contributed by atoms with Crippen LogP contribution in [0, 0.1) is 5.41 Å². The second kappa shape index (κ2) is 4.75. The Bertz CT molecular complexity index is 208. The van der Waals surface area contributed by atoms with E-state index in [0.717, 1.165) is 32.5 Å². The number of hydrogen-bond acceptors (Lipinski definition) is 3. The molecule has 1 heterocycles. The molecular formula is C10H20N2O2. The minimum Gasteiger partial charge on any atom is -0.481 e. The lowest BCUT2D eigenvalue weighted by molar-refractivity contribution is -0.140. The number of hydrogen-bond donors (Lipinski definition) is 2. The zero-order chi connectivity index (χ0) is 10.6. The molecule has 0 aliphatic carbocycles. The van der Waals surface area contributed by atoms with Gasteiger partial charge in [0.15, 0.2) is 0 Å². The molecule has 1 aliphatic rings. The summed E-state index contributed by atoms with van der Waals surface area (Å²) >= 11 is 0. The number of rotatable bonds is 4. The molecule has 1 unspecified atom stereocenters. The first-order valence-corrected chi connectivity index (χ1v) is 5.26. The van der Waals surface area contributed by atoms with Crippen molar-refractivity contribution >= 4 is 5.97 Å². The third-order valence-corrected chi connectivity index (χ3v) is 3.15. The Morgan fingerprint density at radius 1 is 1.64 bits per heavy atom. The Balaban J connectivity index is 2.62. The van der Waals surface area contributed by atoms with E-state index in [1.165, 1.54) is 0 Å². The van der Waals surface area contributed by atoms with Crippen LogP contribution in [0.3, 0.4) is 0 Å². The van der Waals surface area contributed by atoms with Gasteiger partial charge < -0.3 is 15.7 Å². The van der Waals surface area contributed by atoms with Gasteiger partial charge in [-0.15, -0.1) is 0 Å². The van der Waals surface area contributed by atoms with Gasteiger partial charge in [-0.25, -0.2) is 0 Å². The number of carbonyl (C=O) groups is 1. The van der Waals surface area contributed by atoms with Gasteiger partial charge in [0.2, 0.25) is 0 Å². The summed E-state index contributed by atoms with van der Waals surface area (Å²) in [4.78, 5) is 13.0. The highest BCUT2D eigenvalue weighted by atomic mass is 16.4. The van der Waals surface area contributed by atoms with Gasteiger partial charge in [0, 0.05) is 12.0 Å². The molecule has 1 saturated heterocycles. The highest BCUT2D eigenvalue weighted by Gasteiger charge is 2.35. The van der Waals surface area contributed by atoms with Gasteiger partial charge in [0.25, 0.3) is 0 Å². The molecule has 0 bridgehead atoms. The summed E-state index contributed by atoms with van der Waals surface area (Å²) in [6.45, 7) is 5.49. The van der Waals surface area contributed by atoms with Crippen molar-refractivity contribution in [3.8, 4) is 0 Å². The quantitative estimate of drug-likeness (QED) is 0.694. The summed E-state index contributed by atoms with van der Waals surface area (Å²) in [5, 5.41) is 8.85. The van der Waals surface area contributed by atoms with Gasteiger partial charge in [0.05, 0.1) is 6.42 Å². The molecule has 4 nitrogen and oxygen atoms in total. The molecule has 0 aromatic rings. The Morgan fingerprint density at radius 2 is 2.36 bits per heavy atom. The molecule has 82 valence electrons. The first kappa shape index (κ1) is 11.5. The molecule has 1 fully saturated rings. The molecule has 4 heteroatoms. The fourth-order valence-electron chi connectivity index (χ4n) is 2.28. The summed E-state index contributed by atoms with van der Waals surface area (Å²) in [5.41, 5.74) is 5.53. The predicted molar refractivity (Wildman–Crippen MR) is 55.1 cm³/mol. The summed E-state index contributed by atoms with van der Waals surface area (Å²) in [5.74, 6) is -0.728. The fourth-order valence-corrected chi connectivity index (χ4v) is 2.28. The normalized spacial score (nSPS) is 29.0. The predicted octanol–water partition coefficient (Wildman–Crippen LogP) is 0.522. The van der Waals surface area contributed by atoms with E-state index in [4.69, 9.17) is 10.8 Å². The Kier molecular flexibility index (Phi) is 3.89. The maximum atomic E-state index is 10.8. The Hall–Kier alpha value is -0.610. The smallest absolute Gasteiger partial charge is 0.304 e. The molecule has 0 amide bonds. The molecule has 0 radical (unpaired) electrons. The zero-order valence-corrected chi connectivity index (χ0v) is 8.83. The van der Waals surface area contributed by atoms with Gasteiger partial charge in [-0.1, -0.05) is 6.92 Å². The van der Waals surface area contributed by atoms with Crippen LogP contribution in [0.4, 0.5) is 0 Å². The second-order valence-electron chi connectivity index (χ2n) is 4.25. The van der Waals surface area contributed by atoms with Crippen LogP contribution in [0.5, 0.6) is 0 Å². The molecule has 3 N–H and O–H groups in total. The molecule has 1 aliphatic heterocycles. The van der Waals surface area contributed by atoms with E-state index in [2.05, 4.69) is 11.8 Å². The number of likely N-dealkylation sites (tertiary alicyclic amines) is 1. The molecule has 0 spiro atoms. The SMILES string of the molecule is CCN1CCCC(CN)(CC(=O)O)C1. The van der Waals surface area contributed by atoms with Gasteiger partial charge in [0.1, 0.15) is 0 Å². The number of aliphatic carboxylic acids is 1. The average molecular weight is 200 g/mol. The lowest BCUT2D eigenvalue weighted by Crippen LogP contribution is -2.48. The molecule has 0 aromatic carbocycles. The third kappa shape index (κ3) is 2.69. The highest BCUT2D eigenvalue weighted by Crippen LogP contribution is 2.32. The van der Waals surface area contributed by atoms with Crippen molar-refractivity contribution in [1.29, 1.82) is 0 Å². The van der Waals surface area contributed by atoms with Crippen LogP contribution in [-0.4, -0.2) is 42.2 Å². The van der Waals surface area contributed by atoms with Crippen molar-refractivity contribution in [2.45, 2.75) is 26.2 Å². The summed E-state index contributed by atoms with van der Waals surface area (Å²) < 4.78 is 0. The largest absolute Gasteiger partial charge is 0.481 e. The highest BCUT2D eigenvalue weighted by molar-refractivity contribution is 5.67. The van der Waals surface area contributed by atoms with Crippen molar-refractivity contribution < 1.29 is 9.90 Å². The lowest BCUT2D eigenvalue weighted by atomic mass is 9.77. The van der Waals surface area contributed by atoms with Crippen LogP contribution in [0.25, 0.3) is 0 Å². The fraction of sp³-hybridized carbons (Fsp3) is 0.900. The van der Waals surface area contributed by atoms with Crippen LogP contribution in [0.2, 0.25) is 0 Å². The molecule has 1 atom stereocenters. The molecular weight excluding hydrogens is 180 g/mol. The number of nitrogens with zero attached hydrogens (tertiary/aromatic N) is 1. The van der Waals surface area contributed by atoms with E-state index < -0.39 is 5.97 Å². The van der Waals surface area contributed by atoms with Gasteiger partial charge in [-0.2, -0.15) is 0 Å². The van der Waals surface area contributed by atoms with Crippen molar-refractivity contribution in [2.24, 2.45) is 11.1 Å². The van der Waals surface area contributed by atoms with Crippen molar-refractivity contribution in [3.63, 3.8) is 0 Å². The summed E-state index contributed by atoms with van der Waals surface area (Å²) in [6.07, 6.45) is 2.23. The average Bonchev–Trinajstić information content (AvgIpc) is 2.17. The molecule has 0 aromatic heterocycles. The first-order valence-electron chi connectivity index (χ1n) is 5.26. The number of carboxylic acid groups (broad SMARTS) is 1. The maximum Gasteiger partial charge on any atom is 0.304 e. The number of piperidine rings is 1. The first-order chi connectivity index (χ1) is 6.62. The van der Waals surface area contributed by atoms with Crippen LogP contribution >= 0.6 is 0 Å². The van der Waals surface area contributed by atoms with Crippen molar-refractivity contribution in [2.75, 3.05) is 26.2 Å². The second-order valence-corrected chi connectivity index (χ2v) is 4.25. The van der Waals surface area contributed by atoms with Crippen LogP contribution < -0.4 is 5.73 Å². The minimum absolute atomic E-state index is 0.180.